The number of rotatable bonds is 4. The molecule has 0 bridgehead atoms. The number of carbonyl (C=O) groups is 1. The van der Waals surface area contributed by atoms with E-state index < -0.39 is 17.2 Å². The molecular formula is C21H16FN3O3. The number of nitrogens with one attached hydrogen (secondary N) is 2. The molecule has 7 heteroatoms. The first-order valence-corrected chi connectivity index (χ1v) is 8.64. The number of fused-ring (bicyclic) bond motifs is 1. The maximum absolute atomic E-state index is 13.4. The molecule has 4 aromatic rings. The fourth-order valence-corrected chi connectivity index (χ4v) is 3.01. The van der Waals surface area contributed by atoms with E-state index in [9.17, 15) is 14.0 Å². The second-order valence-electron chi connectivity index (χ2n) is 6.35. The first-order chi connectivity index (χ1) is 13.5. The van der Waals surface area contributed by atoms with Crippen molar-refractivity contribution in [2.75, 3.05) is 0 Å². The van der Waals surface area contributed by atoms with E-state index in [4.69, 9.17) is 4.52 Å². The molecule has 2 aromatic heterocycles. The molecule has 1 amide bonds. The van der Waals surface area contributed by atoms with Crippen molar-refractivity contribution >= 4 is 16.8 Å². The second kappa shape index (κ2) is 7.11. The topological polar surface area (TPSA) is 88.0 Å². The molecule has 0 fully saturated rings. The van der Waals surface area contributed by atoms with Gasteiger partial charge in [0.05, 0.1) is 6.54 Å². The third-order valence-corrected chi connectivity index (χ3v) is 4.56. The van der Waals surface area contributed by atoms with E-state index in [1.807, 2.05) is 37.3 Å². The lowest BCUT2D eigenvalue weighted by Gasteiger charge is -2.05. The summed E-state index contributed by atoms with van der Waals surface area (Å²) in [6, 6.07) is 13.3. The molecule has 2 heterocycles. The fourth-order valence-electron chi connectivity index (χ4n) is 3.01. The lowest BCUT2D eigenvalue weighted by molar-refractivity contribution is 0.0949. The van der Waals surface area contributed by atoms with Crippen molar-refractivity contribution in [1.29, 1.82) is 0 Å². The summed E-state index contributed by atoms with van der Waals surface area (Å²) in [5.74, 6) is -0.484. The Labute approximate surface area is 159 Å². The normalized spacial score (nSPS) is 10.9. The summed E-state index contributed by atoms with van der Waals surface area (Å²) in [6.45, 7) is 1.95. The van der Waals surface area contributed by atoms with Gasteiger partial charge in [0, 0.05) is 28.2 Å². The summed E-state index contributed by atoms with van der Waals surface area (Å²) in [6.07, 6.45) is 1.32. The van der Waals surface area contributed by atoms with Gasteiger partial charge < -0.3 is 14.8 Å². The second-order valence-corrected chi connectivity index (χ2v) is 6.35. The Bertz CT molecular complexity index is 1230. The van der Waals surface area contributed by atoms with Crippen LogP contribution in [-0.2, 0) is 6.54 Å². The molecule has 0 aliphatic rings. The van der Waals surface area contributed by atoms with E-state index in [0.717, 1.165) is 17.2 Å². The first kappa shape index (κ1) is 17.7. The van der Waals surface area contributed by atoms with Gasteiger partial charge in [-0.2, -0.15) is 0 Å². The summed E-state index contributed by atoms with van der Waals surface area (Å²) in [5, 5.41) is 6.80. The number of aromatic nitrogens is 2. The van der Waals surface area contributed by atoms with Gasteiger partial charge in [0.2, 0.25) is 5.43 Å². The SMILES string of the molecule is Cc1c(CNC(=O)c2c[nH]c3ccc(F)cc3c2=O)noc1-c1ccccc1. The third kappa shape index (κ3) is 3.18. The average Bonchev–Trinajstić information content (AvgIpc) is 3.08. The van der Waals surface area contributed by atoms with Crippen molar-refractivity contribution in [2.24, 2.45) is 0 Å². The molecule has 0 saturated heterocycles. The molecule has 0 aliphatic carbocycles. The maximum atomic E-state index is 13.4. The molecule has 0 saturated carbocycles. The first-order valence-electron chi connectivity index (χ1n) is 8.64. The van der Waals surface area contributed by atoms with Gasteiger partial charge in [0.1, 0.15) is 17.1 Å². The number of halogens is 1. The number of benzene rings is 2. The Morgan fingerprint density at radius 2 is 2.00 bits per heavy atom. The van der Waals surface area contributed by atoms with E-state index in [-0.39, 0.29) is 17.5 Å². The van der Waals surface area contributed by atoms with E-state index >= 15 is 0 Å². The molecule has 4 rings (SSSR count). The predicted molar refractivity (Wildman–Crippen MR) is 102 cm³/mol. The molecule has 6 nitrogen and oxygen atoms in total. The van der Waals surface area contributed by atoms with Crippen molar-refractivity contribution in [3.05, 3.63) is 87.6 Å². The summed E-state index contributed by atoms with van der Waals surface area (Å²) in [5.41, 5.74) is 2.09. The van der Waals surface area contributed by atoms with Gasteiger partial charge in [-0.1, -0.05) is 35.5 Å². The minimum atomic E-state index is -0.573. The van der Waals surface area contributed by atoms with Crippen molar-refractivity contribution in [3.8, 4) is 11.3 Å². The molecule has 28 heavy (non-hydrogen) atoms. The number of pyridine rings is 1. The van der Waals surface area contributed by atoms with Crippen LogP contribution in [0.3, 0.4) is 0 Å². The Morgan fingerprint density at radius 3 is 2.79 bits per heavy atom. The minimum absolute atomic E-state index is 0.0949. The molecule has 0 atom stereocenters. The van der Waals surface area contributed by atoms with Gasteiger partial charge in [0.25, 0.3) is 5.91 Å². The highest BCUT2D eigenvalue weighted by Gasteiger charge is 2.17. The van der Waals surface area contributed by atoms with Gasteiger partial charge in [-0.05, 0) is 25.1 Å². The highest BCUT2D eigenvalue weighted by molar-refractivity contribution is 5.97. The Morgan fingerprint density at radius 1 is 1.21 bits per heavy atom. The van der Waals surface area contributed by atoms with Crippen LogP contribution in [0.5, 0.6) is 0 Å². The number of aromatic amines is 1. The van der Waals surface area contributed by atoms with Crippen molar-refractivity contribution in [3.63, 3.8) is 0 Å². The van der Waals surface area contributed by atoms with Gasteiger partial charge in [-0.3, -0.25) is 9.59 Å². The standard InChI is InChI=1S/C21H16FN3O3/c1-12-18(25-28-20(12)13-5-3-2-4-6-13)11-24-21(27)16-10-23-17-8-7-14(22)9-15(17)19(16)26/h2-10H,11H2,1H3,(H,23,26)(H,24,27). The summed E-state index contributed by atoms with van der Waals surface area (Å²) < 4.78 is 18.8. The van der Waals surface area contributed by atoms with Crippen LogP contribution < -0.4 is 10.7 Å². The largest absolute Gasteiger partial charge is 0.360 e. The summed E-state index contributed by atoms with van der Waals surface area (Å²) in [7, 11) is 0. The van der Waals surface area contributed by atoms with Gasteiger partial charge >= 0.3 is 0 Å². The molecule has 0 aliphatic heterocycles. The smallest absolute Gasteiger partial charge is 0.257 e. The highest BCUT2D eigenvalue weighted by Crippen LogP contribution is 2.25. The average molecular weight is 377 g/mol. The zero-order chi connectivity index (χ0) is 19.7. The Kier molecular flexibility index (Phi) is 4.49. The number of hydrogen-bond acceptors (Lipinski definition) is 4. The van der Waals surface area contributed by atoms with Crippen LogP contribution in [-0.4, -0.2) is 16.0 Å². The van der Waals surface area contributed by atoms with Gasteiger partial charge in [-0.15, -0.1) is 0 Å². The quantitative estimate of drug-likeness (QED) is 0.569. The van der Waals surface area contributed by atoms with Gasteiger partial charge in [0.15, 0.2) is 5.76 Å². The van der Waals surface area contributed by atoms with Crippen molar-refractivity contribution < 1.29 is 13.7 Å². The van der Waals surface area contributed by atoms with Crippen LogP contribution in [0.1, 0.15) is 21.6 Å². The molecule has 2 N–H and O–H groups in total. The number of H-pyrrole nitrogens is 1. The van der Waals surface area contributed by atoms with Gasteiger partial charge in [-0.25, -0.2) is 4.39 Å². The maximum Gasteiger partial charge on any atom is 0.257 e. The van der Waals surface area contributed by atoms with Crippen LogP contribution in [0.15, 0.2) is 64.0 Å². The zero-order valence-electron chi connectivity index (χ0n) is 15.0. The molecule has 0 radical (unpaired) electrons. The lowest BCUT2D eigenvalue weighted by Crippen LogP contribution is -2.28. The molecule has 0 unspecified atom stereocenters. The predicted octanol–water partition coefficient (Wildman–Crippen LogP) is 3.56. The van der Waals surface area contributed by atoms with Crippen LogP contribution in [0.2, 0.25) is 0 Å². The highest BCUT2D eigenvalue weighted by atomic mass is 19.1. The zero-order valence-corrected chi connectivity index (χ0v) is 15.0. The van der Waals surface area contributed by atoms with Crippen LogP contribution in [0.4, 0.5) is 4.39 Å². The van der Waals surface area contributed by atoms with E-state index in [1.54, 1.807) is 0 Å². The third-order valence-electron chi connectivity index (χ3n) is 4.56. The van der Waals surface area contributed by atoms with E-state index in [2.05, 4.69) is 15.5 Å². The van der Waals surface area contributed by atoms with E-state index in [1.165, 1.54) is 18.3 Å². The Hall–Kier alpha value is -3.74. The minimum Gasteiger partial charge on any atom is -0.360 e. The molecule has 2 aromatic carbocycles. The fraction of sp³-hybridized carbons (Fsp3) is 0.0952. The number of carbonyl (C=O) groups excluding carboxylic acids is 1. The molecule has 140 valence electrons. The van der Waals surface area contributed by atoms with Crippen LogP contribution >= 0.6 is 0 Å². The number of hydrogen-bond donors (Lipinski definition) is 2. The Balaban J connectivity index is 1.56. The monoisotopic (exact) mass is 377 g/mol. The summed E-state index contributed by atoms with van der Waals surface area (Å²) in [4.78, 5) is 27.8. The summed E-state index contributed by atoms with van der Waals surface area (Å²) >= 11 is 0. The van der Waals surface area contributed by atoms with Crippen molar-refractivity contribution in [1.82, 2.24) is 15.5 Å². The van der Waals surface area contributed by atoms with Crippen LogP contribution in [0, 0.1) is 12.7 Å². The lowest BCUT2D eigenvalue weighted by atomic mass is 10.1. The number of amides is 1. The van der Waals surface area contributed by atoms with Crippen LogP contribution in [0.25, 0.3) is 22.2 Å². The molecular weight excluding hydrogens is 361 g/mol. The number of nitrogens with zero attached hydrogens (tertiary/aromatic N) is 1. The molecule has 0 spiro atoms. The van der Waals surface area contributed by atoms with Crippen molar-refractivity contribution in [2.45, 2.75) is 13.5 Å². The van der Waals surface area contributed by atoms with E-state index in [0.29, 0.717) is 17.0 Å².